The molecule has 24 heavy (non-hydrogen) atoms. The molecule has 4 rings (SSSR count). The van der Waals surface area contributed by atoms with Crippen molar-refractivity contribution >= 4 is 22.9 Å². The van der Waals surface area contributed by atoms with Crippen LogP contribution in [0.15, 0.2) is 4.63 Å². The molecule has 4 heterocycles. The fourth-order valence-electron chi connectivity index (χ4n) is 3.57. The van der Waals surface area contributed by atoms with Crippen LogP contribution in [0.4, 0.5) is 11.6 Å². The minimum absolute atomic E-state index is 0.490. The molecule has 0 amide bonds. The Hall–Kier alpha value is -1.96. The van der Waals surface area contributed by atoms with Gasteiger partial charge >= 0.3 is 0 Å². The highest BCUT2D eigenvalue weighted by molar-refractivity contribution is 5.74. The van der Waals surface area contributed by atoms with Crippen molar-refractivity contribution < 1.29 is 4.63 Å². The van der Waals surface area contributed by atoms with Crippen LogP contribution in [0.25, 0.3) is 11.3 Å². The summed E-state index contributed by atoms with van der Waals surface area (Å²) in [5.41, 5.74) is 0.996. The van der Waals surface area contributed by atoms with Crippen LogP contribution in [0.3, 0.4) is 0 Å². The molecular weight excluding hydrogens is 306 g/mol. The molecule has 2 aromatic heterocycles. The fourth-order valence-corrected chi connectivity index (χ4v) is 3.57. The molecule has 0 radical (unpaired) electrons. The summed E-state index contributed by atoms with van der Waals surface area (Å²) in [5.74, 6) is 1.87. The first kappa shape index (κ1) is 15.6. The van der Waals surface area contributed by atoms with E-state index in [1.807, 2.05) is 0 Å². The summed E-state index contributed by atoms with van der Waals surface area (Å²) >= 11 is 0. The van der Waals surface area contributed by atoms with Crippen LogP contribution in [0.2, 0.25) is 0 Å². The van der Waals surface area contributed by atoms with E-state index < -0.39 is 0 Å². The van der Waals surface area contributed by atoms with Crippen LogP contribution >= 0.6 is 0 Å². The minimum atomic E-state index is 0.490. The van der Waals surface area contributed by atoms with Crippen LogP contribution in [0.1, 0.15) is 32.6 Å². The summed E-state index contributed by atoms with van der Waals surface area (Å²) in [4.78, 5) is 16.6. The van der Waals surface area contributed by atoms with E-state index in [1.54, 1.807) is 0 Å². The predicted octanol–water partition coefficient (Wildman–Crippen LogP) is 1.53. The first-order valence-corrected chi connectivity index (χ1v) is 8.93. The molecule has 8 nitrogen and oxygen atoms in total. The summed E-state index contributed by atoms with van der Waals surface area (Å²) < 4.78 is 4.84. The first-order valence-electron chi connectivity index (χ1n) is 8.93. The standard InChI is InChI=1S/C16H25N7O/c1-12-11-23(10-9-21(12)2)16-15(22-7-5-3-4-6-8-22)17-13-14(18-16)20-24-19-13/h12H,3-11H2,1-2H3/t12-/m1/s1. The zero-order valence-corrected chi connectivity index (χ0v) is 14.5. The van der Waals surface area contributed by atoms with Crippen molar-refractivity contribution in [1.29, 1.82) is 0 Å². The number of anilines is 2. The van der Waals surface area contributed by atoms with Gasteiger partial charge in [0.05, 0.1) is 0 Å². The number of likely N-dealkylation sites (N-methyl/N-ethyl adjacent to an activating group) is 1. The van der Waals surface area contributed by atoms with Gasteiger partial charge in [0, 0.05) is 38.8 Å². The van der Waals surface area contributed by atoms with E-state index in [0.717, 1.165) is 44.4 Å². The molecule has 0 aromatic carbocycles. The molecule has 2 aliphatic rings. The lowest BCUT2D eigenvalue weighted by atomic mass is 10.2. The highest BCUT2D eigenvalue weighted by atomic mass is 16.6. The van der Waals surface area contributed by atoms with Crippen LogP contribution in [0.5, 0.6) is 0 Å². The van der Waals surface area contributed by atoms with Gasteiger partial charge in [-0.15, -0.1) is 0 Å². The normalized spacial score (nSPS) is 23.7. The molecule has 130 valence electrons. The molecular formula is C16H25N7O. The van der Waals surface area contributed by atoms with Crippen molar-refractivity contribution in [2.75, 3.05) is 49.6 Å². The van der Waals surface area contributed by atoms with Crippen molar-refractivity contribution in [2.45, 2.75) is 38.6 Å². The van der Waals surface area contributed by atoms with E-state index in [4.69, 9.17) is 14.6 Å². The van der Waals surface area contributed by atoms with E-state index in [9.17, 15) is 0 Å². The molecule has 2 aromatic rings. The summed E-state index contributed by atoms with van der Waals surface area (Å²) in [6.45, 7) is 7.23. The third kappa shape index (κ3) is 2.90. The van der Waals surface area contributed by atoms with Gasteiger partial charge in [0.15, 0.2) is 11.6 Å². The Morgan fingerprint density at radius 1 is 0.833 bits per heavy atom. The van der Waals surface area contributed by atoms with Gasteiger partial charge in [0.1, 0.15) is 0 Å². The van der Waals surface area contributed by atoms with Crippen LogP contribution in [-0.2, 0) is 0 Å². The summed E-state index contributed by atoms with van der Waals surface area (Å²) in [6, 6.07) is 0.490. The summed E-state index contributed by atoms with van der Waals surface area (Å²) in [6.07, 6.45) is 4.99. The van der Waals surface area contributed by atoms with E-state index in [0.29, 0.717) is 17.3 Å². The lowest BCUT2D eigenvalue weighted by Crippen LogP contribution is -2.50. The third-order valence-electron chi connectivity index (χ3n) is 5.24. The van der Waals surface area contributed by atoms with Crippen LogP contribution in [0, 0.1) is 0 Å². The lowest BCUT2D eigenvalue weighted by molar-refractivity contribution is 0.233. The first-order chi connectivity index (χ1) is 11.7. The zero-order valence-electron chi connectivity index (χ0n) is 14.5. The second kappa shape index (κ2) is 6.51. The maximum atomic E-state index is 4.84. The predicted molar refractivity (Wildman–Crippen MR) is 92.4 cm³/mol. The van der Waals surface area contributed by atoms with Crippen molar-refractivity contribution in [2.24, 2.45) is 0 Å². The monoisotopic (exact) mass is 331 g/mol. The average molecular weight is 331 g/mol. The highest BCUT2D eigenvalue weighted by Gasteiger charge is 2.27. The van der Waals surface area contributed by atoms with Crippen molar-refractivity contribution in [3.05, 3.63) is 0 Å². The van der Waals surface area contributed by atoms with E-state index in [1.165, 1.54) is 25.7 Å². The Balaban J connectivity index is 1.72. The Kier molecular flexibility index (Phi) is 4.22. The van der Waals surface area contributed by atoms with Gasteiger partial charge in [-0.1, -0.05) is 12.8 Å². The molecule has 2 fully saturated rings. The molecule has 1 atom stereocenters. The molecule has 0 unspecified atom stereocenters. The van der Waals surface area contributed by atoms with Gasteiger partial charge in [-0.05, 0) is 37.1 Å². The lowest BCUT2D eigenvalue weighted by Gasteiger charge is -2.39. The van der Waals surface area contributed by atoms with Crippen LogP contribution < -0.4 is 9.80 Å². The van der Waals surface area contributed by atoms with E-state index in [-0.39, 0.29) is 0 Å². The molecule has 8 heteroatoms. The Labute approximate surface area is 141 Å². The van der Waals surface area contributed by atoms with Gasteiger partial charge in [-0.2, -0.15) is 0 Å². The summed E-state index contributed by atoms with van der Waals surface area (Å²) in [5, 5.41) is 7.80. The topological polar surface area (TPSA) is 74.4 Å². The molecule has 0 bridgehead atoms. The number of piperazine rings is 1. The largest absolute Gasteiger partial charge is 0.353 e. The van der Waals surface area contributed by atoms with E-state index >= 15 is 0 Å². The number of hydrogen-bond acceptors (Lipinski definition) is 8. The third-order valence-corrected chi connectivity index (χ3v) is 5.24. The minimum Gasteiger partial charge on any atom is -0.353 e. The number of fused-ring (bicyclic) bond motifs is 1. The molecule has 0 N–H and O–H groups in total. The highest BCUT2D eigenvalue weighted by Crippen LogP contribution is 2.30. The summed E-state index contributed by atoms with van der Waals surface area (Å²) in [7, 11) is 2.17. The zero-order chi connectivity index (χ0) is 16.5. The van der Waals surface area contributed by atoms with Crippen LogP contribution in [-0.4, -0.2) is 71.0 Å². The molecule has 2 aliphatic heterocycles. The Morgan fingerprint density at radius 3 is 2.08 bits per heavy atom. The second-order valence-electron chi connectivity index (χ2n) is 6.96. The van der Waals surface area contributed by atoms with Crippen molar-refractivity contribution in [3.63, 3.8) is 0 Å². The maximum absolute atomic E-state index is 4.84. The van der Waals surface area contributed by atoms with Gasteiger partial charge in [0.2, 0.25) is 11.3 Å². The van der Waals surface area contributed by atoms with Gasteiger partial charge in [-0.3, -0.25) is 0 Å². The number of rotatable bonds is 2. The number of nitrogens with zero attached hydrogens (tertiary/aromatic N) is 7. The smallest absolute Gasteiger partial charge is 0.245 e. The SMILES string of the molecule is C[C@@H]1CN(c2nc3nonc3nc2N2CCCCCC2)CCN1C. The van der Waals surface area contributed by atoms with Gasteiger partial charge in [-0.25, -0.2) is 14.6 Å². The molecule has 0 aliphatic carbocycles. The fraction of sp³-hybridized carbons (Fsp3) is 0.750. The van der Waals surface area contributed by atoms with Gasteiger partial charge in [0.25, 0.3) is 0 Å². The molecule has 0 saturated carbocycles. The Morgan fingerprint density at radius 2 is 1.46 bits per heavy atom. The number of hydrogen-bond donors (Lipinski definition) is 0. The van der Waals surface area contributed by atoms with E-state index in [2.05, 4.69) is 39.0 Å². The molecule has 0 spiro atoms. The van der Waals surface area contributed by atoms with Crippen molar-refractivity contribution in [3.8, 4) is 0 Å². The molecule has 2 saturated heterocycles. The quantitative estimate of drug-likeness (QED) is 0.820. The van der Waals surface area contributed by atoms with Crippen molar-refractivity contribution in [1.82, 2.24) is 25.2 Å². The second-order valence-corrected chi connectivity index (χ2v) is 6.96. The number of aromatic nitrogens is 4. The maximum Gasteiger partial charge on any atom is 0.245 e. The van der Waals surface area contributed by atoms with Gasteiger partial charge < -0.3 is 14.7 Å². The average Bonchev–Trinajstić information content (AvgIpc) is 2.87. The Bertz CT molecular complexity index is 695.